The highest BCUT2D eigenvalue weighted by Gasteiger charge is 2.13. The Kier molecular flexibility index (Phi) is 4.87. The molecule has 0 N–H and O–H groups in total. The Hall–Kier alpha value is -3.88. The van der Waals surface area contributed by atoms with Gasteiger partial charge in [-0.25, -0.2) is 4.79 Å². The van der Waals surface area contributed by atoms with Crippen LogP contribution in [-0.4, -0.2) is 36.4 Å². The van der Waals surface area contributed by atoms with E-state index in [1.165, 1.54) is 4.80 Å². The van der Waals surface area contributed by atoms with Gasteiger partial charge in [0, 0.05) is 11.1 Å². The van der Waals surface area contributed by atoms with Crippen LogP contribution in [0.2, 0.25) is 0 Å². The van der Waals surface area contributed by atoms with Gasteiger partial charge in [0.2, 0.25) is 11.7 Å². The smallest absolute Gasteiger partial charge is 0.330 e. The Labute approximate surface area is 160 Å². The average Bonchev–Trinajstić information content (AvgIpc) is 3.37. The number of carbonyl (C=O) groups excluding carboxylic acids is 1. The summed E-state index contributed by atoms with van der Waals surface area (Å²) in [6, 6.07) is 17.0. The van der Waals surface area contributed by atoms with Gasteiger partial charge >= 0.3 is 5.97 Å². The third kappa shape index (κ3) is 4.09. The highest BCUT2D eigenvalue weighted by atomic mass is 16.5. The van der Waals surface area contributed by atoms with Gasteiger partial charge in [-0.3, -0.25) is 0 Å². The molecule has 0 saturated carbocycles. The highest BCUT2D eigenvalue weighted by Crippen LogP contribution is 2.17. The number of esters is 1. The third-order valence-corrected chi connectivity index (χ3v) is 3.88. The Morgan fingerprint density at radius 1 is 1.00 bits per heavy atom. The first kappa shape index (κ1) is 17.5. The highest BCUT2D eigenvalue weighted by molar-refractivity contribution is 5.68. The summed E-state index contributed by atoms with van der Waals surface area (Å²) in [5.74, 6) is 0.482. The SMILES string of the molecule is Cc1ccc(-c2nnn(CC(=O)OCc3nnc(-c4ccccc4)o3)n2)cc1. The van der Waals surface area contributed by atoms with Gasteiger partial charge < -0.3 is 9.15 Å². The largest absolute Gasteiger partial charge is 0.454 e. The van der Waals surface area contributed by atoms with Crippen LogP contribution in [0.5, 0.6) is 0 Å². The van der Waals surface area contributed by atoms with Crippen LogP contribution in [0.25, 0.3) is 22.8 Å². The third-order valence-electron chi connectivity index (χ3n) is 3.88. The Balaban J connectivity index is 1.33. The van der Waals surface area contributed by atoms with Gasteiger partial charge in [0.25, 0.3) is 5.89 Å². The van der Waals surface area contributed by atoms with E-state index in [4.69, 9.17) is 9.15 Å². The minimum atomic E-state index is -0.535. The fourth-order valence-electron chi connectivity index (χ4n) is 2.44. The second kappa shape index (κ2) is 7.78. The van der Waals surface area contributed by atoms with Gasteiger partial charge in [0.05, 0.1) is 0 Å². The van der Waals surface area contributed by atoms with E-state index in [2.05, 4.69) is 25.6 Å². The molecule has 9 nitrogen and oxygen atoms in total. The molecule has 28 heavy (non-hydrogen) atoms. The molecule has 0 radical (unpaired) electrons. The van der Waals surface area contributed by atoms with Gasteiger partial charge in [-0.1, -0.05) is 48.0 Å². The van der Waals surface area contributed by atoms with Crippen LogP contribution in [0.3, 0.4) is 0 Å². The number of rotatable bonds is 6. The molecule has 0 bridgehead atoms. The Morgan fingerprint density at radius 3 is 2.57 bits per heavy atom. The first-order valence-corrected chi connectivity index (χ1v) is 8.55. The van der Waals surface area contributed by atoms with Crippen LogP contribution >= 0.6 is 0 Å². The topological polar surface area (TPSA) is 109 Å². The molecule has 0 fully saturated rings. The molecule has 0 aliphatic carbocycles. The van der Waals surface area contributed by atoms with Gasteiger partial charge in [-0.15, -0.1) is 20.4 Å². The zero-order chi connectivity index (χ0) is 19.3. The van der Waals surface area contributed by atoms with E-state index in [1.54, 1.807) is 0 Å². The normalized spacial score (nSPS) is 10.8. The van der Waals surface area contributed by atoms with Gasteiger partial charge in [-0.2, -0.15) is 4.80 Å². The summed E-state index contributed by atoms with van der Waals surface area (Å²) in [4.78, 5) is 13.2. The maximum Gasteiger partial charge on any atom is 0.330 e. The number of ether oxygens (including phenoxy) is 1. The first-order valence-electron chi connectivity index (χ1n) is 8.55. The molecular formula is C19H16N6O3. The number of aryl methyl sites for hydroxylation is 1. The summed E-state index contributed by atoms with van der Waals surface area (Å²) in [6.07, 6.45) is 0. The molecular weight excluding hydrogens is 360 g/mol. The first-order chi connectivity index (χ1) is 13.7. The average molecular weight is 376 g/mol. The van der Waals surface area contributed by atoms with Crippen LogP contribution in [0.1, 0.15) is 11.5 Å². The van der Waals surface area contributed by atoms with Crippen molar-refractivity contribution in [2.24, 2.45) is 0 Å². The van der Waals surface area contributed by atoms with Crippen LogP contribution in [0, 0.1) is 6.92 Å². The molecule has 0 unspecified atom stereocenters. The van der Waals surface area contributed by atoms with Crippen molar-refractivity contribution in [1.82, 2.24) is 30.4 Å². The van der Waals surface area contributed by atoms with Crippen molar-refractivity contribution in [2.45, 2.75) is 20.1 Å². The lowest BCUT2D eigenvalue weighted by molar-refractivity contribution is -0.146. The molecule has 4 aromatic rings. The minimum absolute atomic E-state index is 0.127. The lowest BCUT2D eigenvalue weighted by Crippen LogP contribution is -2.15. The minimum Gasteiger partial charge on any atom is -0.454 e. The number of benzene rings is 2. The second-order valence-electron chi connectivity index (χ2n) is 6.04. The van der Waals surface area contributed by atoms with E-state index < -0.39 is 5.97 Å². The summed E-state index contributed by atoms with van der Waals surface area (Å²) in [5.41, 5.74) is 2.75. The molecule has 0 aliphatic heterocycles. The standard InChI is InChI=1S/C19H16N6O3/c1-13-7-9-14(10-8-13)18-21-24-25(23-18)11-17(26)27-12-16-20-22-19(28-16)15-5-3-2-4-6-15/h2-10H,11-12H2,1H3. The summed E-state index contributed by atoms with van der Waals surface area (Å²) < 4.78 is 10.6. The van der Waals surface area contributed by atoms with Crippen molar-refractivity contribution in [1.29, 1.82) is 0 Å². The predicted molar refractivity (Wildman–Crippen MR) is 97.5 cm³/mol. The van der Waals surface area contributed by atoms with Crippen molar-refractivity contribution < 1.29 is 13.9 Å². The molecule has 4 rings (SSSR count). The van der Waals surface area contributed by atoms with Crippen LogP contribution in [0.15, 0.2) is 59.0 Å². The van der Waals surface area contributed by atoms with Crippen molar-refractivity contribution in [3.8, 4) is 22.8 Å². The number of tetrazole rings is 1. The molecule has 0 amide bonds. The van der Waals surface area contributed by atoms with Gasteiger partial charge in [0.15, 0.2) is 13.2 Å². The summed E-state index contributed by atoms with van der Waals surface area (Å²) in [7, 11) is 0. The molecule has 2 heterocycles. The van der Waals surface area contributed by atoms with E-state index in [0.717, 1.165) is 16.7 Å². The summed E-state index contributed by atoms with van der Waals surface area (Å²) >= 11 is 0. The molecule has 9 heteroatoms. The number of aromatic nitrogens is 6. The predicted octanol–water partition coefficient (Wildman–Crippen LogP) is 2.44. The quantitative estimate of drug-likeness (QED) is 0.472. The zero-order valence-electron chi connectivity index (χ0n) is 15.0. The number of hydrogen-bond donors (Lipinski definition) is 0. The van der Waals surface area contributed by atoms with Crippen molar-refractivity contribution >= 4 is 5.97 Å². The molecule has 0 atom stereocenters. The molecule has 2 aromatic carbocycles. The molecule has 140 valence electrons. The van der Waals surface area contributed by atoms with Crippen molar-refractivity contribution in [3.63, 3.8) is 0 Å². The monoisotopic (exact) mass is 376 g/mol. The number of nitrogens with zero attached hydrogens (tertiary/aromatic N) is 6. The van der Waals surface area contributed by atoms with E-state index in [0.29, 0.717) is 11.7 Å². The van der Waals surface area contributed by atoms with E-state index >= 15 is 0 Å². The Morgan fingerprint density at radius 2 is 1.79 bits per heavy atom. The second-order valence-corrected chi connectivity index (χ2v) is 6.04. The lowest BCUT2D eigenvalue weighted by atomic mass is 10.1. The molecule has 0 spiro atoms. The molecule has 2 aromatic heterocycles. The van der Waals surface area contributed by atoms with Gasteiger partial charge in [0.1, 0.15) is 0 Å². The van der Waals surface area contributed by atoms with E-state index in [9.17, 15) is 4.79 Å². The molecule has 0 saturated heterocycles. The number of carbonyl (C=O) groups is 1. The molecule has 0 aliphatic rings. The van der Waals surface area contributed by atoms with E-state index in [1.807, 2.05) is 61.5 Å². The number of hydrogen-bond acceptors (Lipinski definition) is 8. The van der Waals surface area contributed by atoms with Crippen molar-refractivity contribution in [2.75, 3.05) is 0 Å². The van der Waals surface area contributed by atoms with E-state index in [-0.39, 0.29) is 19.0 Å². The van der Waals surface area contributed by atoms with Crippen molar-refractivity contribution in [3.05, 3.63) is 66.1 Å². The van der Waals surface area contributed by atoms with Crippen LogP contribution in [0.4, 0.5) is 0 Å². The van der Waals surface area contributed by atoms with Crippen LogP contribution in [-0.2, 0) is 22.7 Å². The zero-order valence-corrected chi connectivity index (χ0v) is 15.0. The van der Waals surface area contributed by atoms with Crippen LogP contribution < -0.4 is 0 Å². The summed E-state index contributed by atoms with van der Waals surface area (Å²) in [6.45, 7) is 1.70. The lowest BCUT2D eigenvalue weighted by Gasteiger charge is -2.00. The Bertz CT molecular complexity index is 1070. The maximum atomic E-state index is 12.0. The summed E-state index contributed by atoms with van der Waals surface area (Å²) in [5, 5.41) is 19.8. The maximum absolute atomic E-state index is 12.0. The fraction of sp³-hybridized carbons (Fsp3) is 0.158. The van der Waals surface area contributed by atoms with Gasteiger partial charge in [-0.05, 0) is 24.3 Å². The fourth-order valence-corrected chi connectivity index (χ4v) is 2.44.